The lowest BCUT2D eigenvalue weighted by molar-refractivity contribution is -0.142. The van der Waals surface area contributed by atoms with Crippen LogP contribution in [0.4, 0.5) is 4.39 Å². The third kappa shape index (κ3) is 2.08. The molecule has 2 atom stereocenters. The predicted octanol–water partition coefficient (Wildman–Crippen LogP) is 0.641. The molecule has 1 saturated carbocycles. The quantitative estimate of drug-likeness (QED) is 0.635. The van der Waals surface area contributed by atoms with Crippen LogP contribution in [0.5, 0.6) is 0 Å². The number of halogens is 1. The molecular weight excluding hydrogens is 259 g/mol. The molecule has 102 valence electrons. The highest BCUT2D eigenvalue weighted by molar-refractivity contribution is 6.08. The van der Waals surface area contributed by atoms with Crippen LogP contribution < -0.4 is 5.73 Å². The molecule has 2 amide bonds. The van der Waals surface area contributed by atoms with Crippen molar-refractivity contribution in [2.45, 2.75) is 13.0 Å². The molecule has 4 nitrogen and oxygen atoms in total. The Morgan fingerprint density at radius 1 is 1.30 bits per heavy atom. The second-order valence-corrected chi connectivity index (χ2v) is 5.02. The molecule has 2 aliphatic rings. The largest absolute Gasteiger partial charge is 0.320 e. The van der Waals surface area contributed by atoms with Gasteiger partial charge in [-0.05, 0) is 18.6 Å². The first-order valence-electron chi connectivity index (χ1n) is 6.44. The monoisotopic (exact) mass is 272 g/mol. The van der Waals surface area contributed by atoms with Gasteiger partial charge in [-0.3, -0.25) is 14.5 Å². The number of carbonyl (C=O) groups excluding carboxylic acids is 2. The Morgan fingerprint density at radius 2 is 2.00 bits per heavy atom. The molecule has 5 heteroatoms. The molecule has 1 heterocycles. The summed E-state index contributed by atoms with van der Waals surface area (Å²) in [4.78, 5) is 24.8. The fraction of sp³-hybridized carbons (Fsp3) is 0.333. The maximum Gasteiger partial charge on any atom is 0.233 e. The molecule has 1 aliphatic carbocycles. The molecule has 1 saturated heterocycles. The SMILES string of the molecule is NCC#Cc1ccc(CN2C(=O)C3CC3C2=O)c(F)c1. The van der Waals surface area contributed by atoms with Crippen molar-refractivity contribution in [1.82, 2.24) is 4.90 Å². The maximum atomic E-state index is 13.9. The van der Waals surface area contributed by atoms with Gasteiger partial charge in [0.15, 0.2) is 0 Å². The number of benzene rings is 1. The van der Waals surface area contributed by atoms with Crippen LogP contribution in [0.15, 0.2) is 18.2 Å². The van der Waals surface area contributed by atoms with E-state index in [0.29, 0.717) is 17.5 Å². The molecule has 0 radical (unpaired) electrons. The summed E-state index contributed by atoms with van der Waals surface area (Å²) >= 11 is 0. The van der Waals surface area contributed by atoms with Crippen molar-refractivity contribution in [3.05, 3.63) is 35.1 Å². The molecule has 20 heavy (non-hydrogen) atoms. The minimum Gasteiger partial charge on any atom is -0.320 e. The zero-order chi connectivity index (χ0) is 14.3. The predicted molar refractivity (Wildman–Crippen MR) is 69.5 cm³/mol. The van der Waals surface area contributed by atoms with Crippen LogP contribution in [0.3, 0.4) is 0 Å². The normalized spacial score (nSPS) is 23.4. The van der Waals surface area contributed by atoms with Crippen LogP contribution in [0.2, 0.25) is 0 Å². The third-order valence-electron chi connectivity index (χ3n) is 3.67. The average molecular weight is 272 g/mol. The Hall–Kier alpha value is -2.19. The number of hydrogen-bond donors (Lipinski definition) is 1. The first-order valence-corrected chi connectivity index (χ1v) is 6.44. The van der Waals surface area contributed by atoms with E-state index in [1.165, 1.54) is 6.07 Å². The van der Waals surface area contributed by atoms with E-state index >= 15 is 0 Å². The Morgan fingerprint density at radius 3 is 2.60 bits per heavy atom. The number of piperidine rings is 1. The lowest BCUT2D eigenvalue weighted by Crippen LogP contribution is -2.32. The zero-order valence-corrected chi connectivity index (χ0v) is 10.7. The molecule has 2 N–H and O–H groups in total. The van der Waals surface area contributed by atoms with Crippen molar-refractivity contribution in [3.63, 3.8) is 0 Å². The van der Waals surface area contributed by atoms with Crippen LogP contribution in [0.1, 0.15) is 17.5 Å². The maximum absolute atomic E-state index is 13.9. The number of rotatable bonds is 2. The molecule has 3 rings (SSSR count). The van der Waals surface area contributed by atoms with Crippen molar-refractivity contribution < 1.29 is 14.0 Å². The minimum absolute atomic E-state index is 0.00109. The molecule has 1 aromatic rings. The average Bonchev–Trinajstić information content (AvgIpc) is 3.19. The van der Waals surface area contributed by atoms with Gasteiger partial charge in [0.2, 0.25) is 11.8 Å². The summed E-state index contributed by atoms with van der Waals surface area (Å²) in [7, 11) is 0. The van der Waals surface area contributed by atoms with Gasteiger partial charge in [0.25, 0.3) is 0 Å². The van der Waals surface area contributed by atoms with Crippen LogP contribution in [-0.4, -0.2) is 23.3 Å². The van der Waals surface area contributed by atoms with Crippen LogP contribution >= 0.6 is 0 Å². The van der Waals surface area contributed by atoms with Gasteiger partial charge in [0.1, 0.15) is 5.82 Å². The van der Waals surface area contributed by atoms with Crippen molar-refractivity contribution in [2.75, 3.05) is 6.54 Å². The van der Waals surface area contributed by atoms with Crippen LogP contribution in [0.25, 0.3) is 0 Å². The Balaban J connectivity index is 1.78. The summed E-state index contributed by atoms with van der Waals surface area (Å²) < 4.78 is 13.9. The third-order valence-corrected chi connectivity index (χ3v) is 3.67. The Labute approximate surface area is 115 Å². The van der Waals surface area contributed by atoms with Gasteiger partial charge in [0.05, 0.1) is 24.9 Å². The van der Waals surface area contributed by atoms with Gasteiger partial charge >= 0.3 is 0 Å². The van der Waals surface area contributed by atoms with Crippen molar-refractivity contribution in [3.8, 4) is 11.8 Å². The van der Waals surface area contributed by atoms with Crippen LogP contribution in [-0.2, 0) is 16.1 Å². The molecule has 2 unspecified atom stereocenters. The molecular formula is C15H13FN2O2. The second kappa shape index (κ2) is 4.73. The number of nitrogens with two attached hydrogens (primary N) is 1. The fourth-order valence-electron chi connectivity index (χ4n) is 2.48. The van der Waals surface area contributed by atoms with E-state index in [1.807, 2.05) is 0 Å². The smallest absolute Gasteiger partial charge is 0.233 e. The van der Waals surface area contributed by atoms with Gasteiger partial charge in [-0.2, -0.15) is 0 Å². The molecule has 0 spiro atoms. The standard InChI is InChI=1S/C15H13FN2O2/c16-13-6-9(2-1-5-17)3-4-10(13)8-18-14(19)11-7-12(11)15(18)20/h3-4,6,11-12H,5,7-8,17H2. The molecule has 0 bridgehead atoms. The number of nitrogens with zero attached hydrogens (tertiary/aromatic N) is 1. The number of fused-ring (bicyclic) bond motifs is 1. The summed E-state index contributed by atoms with van der Waals surface area (Å²) in [6.07, 6.45) is 0.657. The number of hydrogen-bond acceptors (Lipinski definition) is 3. The highest BCUT2D eigenvalue weighted by atomic mass is 19.1. The number of carbonyl (C=O) groups is 2. The van der Waals surface area contributed by atoms with Gasteiger partial charge in [0, 0.05) is 11.1 Å². The Kier molecular flexibility index (Phi) is 3.03. The molecule has 2 fully saturated rings. The summed E-state index contributed by atoms with van der Waals surface area (Å²) in [6, 6.07) is 4.51. The minimum atomic E-state index is -0.463. The fourth-order valence-corrected chi connectivity index (χ4v) is 2.48. The van der Waals surface area contributed by atoms with Gasteiger partial charge in [-0.25, -0.2) is 4.39 Å². The van der Waals surface area contributed by atoms with E-state index in [2.05, 4.69) is 11.8 Å². The summed E-state index contributed by atoms with van der Waals surface area (Å²) in [6.45, 7) is 0.212. The highest BCUT2D eigenvalue weighted by Crippen LogP contribution is 2.47. The first-order chi connectivity index (χ1) is 9.61. The van der Waals surface area contributed by atoms with Crippen molar-refractivity contribution in [1.29, 1.82) is 0 Å². The molecule has 1 aliphatic heterocycles. The van der Waals surface area contributed by atoms with E-state index in [1.54, 1.807) is 12.1 Å². The van der Waals surface area contributed by atoms with E-state index in [-0.39, 0.29) is 36.7 Å². The molecule has 1 aromatic carbocycles. The number of imide groups is 1. The molecule has 0 aromatic heterocycles. The summed E-state index contributed by atoms with van der Waals surface area (Å²) in [5.41, 5.74) is 6.10. The van der Waals surface area contributed by atoms with Gasteiger partial charge in [-0.15, -0.1) is 0 Å². The van der Waals surface area contributed by atoms with E-state index in [0.717, 1.165) is 4.90 Å². The Bertz CT molecular complexity index is 640. The van der Waals surface area contributed by atoms with Gasteiger partial charge < -0.3 is 5.73 Å². The lowest BCUT2D eigenvalue weighted by atomic mass is 10.1. The summed E-state index contributed by atoms with van der Waals surface area (Å²) in [5, 5.41) is 0. The highest BCUT2D eigenvalue weighted by Gasteiger charge is 2.58. The number of amides is 2. The van der Waals surface area contributed by atoms with Gasteiger partial charge in [-0.1, -0.05) is 17.9 Å². The second-order valence-electron chi connectivity index (χ2n) is 5.02. The zero-order valence-electron chi connectivity index (χ0n) is 10.7. The lowest BCUT2D eigenvalue weighted by Gasteiger charge is -2.16. The number of likely N-dealkylation sites (tertiary alicyclic amines) is 1. The summed E-state index contributed by atoms with van der Waals surface area (Å²) in [5.74, 6) is 4.26. The van der Waals surface area contributed by atoms with E-state index in [4.69, 9.17) is 5.73 Å². The van der Waals surface area contributed by atoms with Crippen LogP contribution in [0, 0.1) is 29.5 Å². The first kappa shape index (κ1) is 12.8. The van der Waals surface area contributed by atoms with Crippen molar-refractivity contribution >= 4 is 11.8 Å². The topological polar surface area (TPSA) is 63.4 Å². The van der Waals surface area contributed by atoms with E-state index < -0.39 is 5.82 Å². The van der Waals surface area contributed by atoms with E-state index in [9.17, 15) is 14.0 Å². The van der Waals surface area contributed by atoms with Crippen molar-refractivity contribution in [2.24, 2.45) is 17.6 Å².